The summed E-state index contributed by atoms with van der Waals surface area (Å²) in [5.41, 5.74) is 2.19. The summed E-state index contributed by atoms with van der Waals surface area (Å²) in [5, 5.41) is 5.00. The molecule has 2 aromatic heterocycles. The van der Waals surface area contributed by atoms with Crippen LogP contribution < -0.4 is 5.32 Å². The fraction of sp³-hybridized carbons (Fsp3) is 0.0952. The van der Waals surface area contributed by atoms with E-state index in [1.54, 1.807) is 12.1 Å². The normalized spacial score (nSPS) is 10.9. The summed E-state index contributed by atoms with van der Waals surface area (Å²) in [5.74, 6) is 0.106. The van der Waals surface area contributed by atoms with E-state index in [2.05, 4.69) is 15.3 Å². The molecule has 1 N–H and O–H groups in total. The fourth-order valence-electron chi connectivity index (χ4n) is 2.90. The summed E-state index contributed by atoms with van der Waals surface area (Å²) in [6.07, 6.45) is 1.42. The smallest absolute Gasteiger partial charge is 0.349 e. The van der Waals surface area contributed by atoms with E-state index in [1.807, 2.05) is 37.3 Å². The predicted octanol–water partition coefficient (Wildman–Crippen LogP) is 7.06. The lowest BCUT2D eigenvalue weighted by Crippen LogP contribution is -2.04. The molecule has 0 fully saturated rings. The highest BCUT2D eigenvalue weighted by Gasteiger charge is 2.21. The minimum atomic E-state index is -0.405. The van der Waals surface area contributed by atoms with Gasteiger partial charge in [-0.15, -0.1) is 11.3 Å². The monoisotopic (exact) mass is 477 g/mol. The number of ether oxygens (including phenoxy) is 1. The third-order valence-electron chi connectivity index (χ3n) is 4.39. The number of nitrogens with zero attached hydrogens (tertiary/aromatic N) is 2. The van der Waals surface area contributed by atoms with Crippen LogP contribution in [0.15, 0.2) is 48.8 Å². The van der Waals surface area contributed by atoms with Gasteiger partial charge in [-0.05, 0) is 30.2 Å². The van der Waals surface area contributed by atoms with Crippen LogP contribution in [0.1, 0.15) is 20.8 Å². The number of hydrogen-bond donors (Lipinski definition) is 1. The van der Waals surface area contributed by atoms with Crippen molar-refractivity contribution in [3.63, 3.8) is 0 Å². The molecule has 152 valence electrons. The standard InChI is InChI=1S/C21H14Cl3N3O2S/c1-11-17-19(27-16-8-14(23)13(22)7-15(16)24)25-10-26-20(17)30-18(11)21(28)29-9-12-5-3-2-4-6-12/h2-8,10H,9H2,1H3,(H,25,26,27). The summed E-state index contributed by atoms with van der Waals surface area (Å²) in [7, 11) is 0. The van der Waals surface area contributed by atoms with Gasteiger partial charge in [0.1, 0.15) is 28.5 Å². The molecular formula is C21H14Cl3N3O2S. The maximum Gasteiger partial charge on any atom is 0.349 e. The lowest BCUT2D eigenvalue weighted by molar-refractivity contribution is 0.0478. The summed E-state index contributed by atoms with van der Waals surface area (Å²) in [6.45, 7) is 2.03. The van der Waals surface area contributed by atoms with Crippen molar-refractivity contribution < 1.29 is 9.53 Å². The SMILES string of the molecule is Cc1c(C(=O)OCc2ccccc2)sc2ncnc(Nc3cc(Cl)c(Cl)cc3Cl)c12. The molecular weight excluding hydrogens is 465 g/mol. The number of aromatic nitrogens is 2. The van der Waals surface area contributed by atoms with E-state index in [1.165, 1.54) is 17.7 Å². The highest BCUT2D eigenvalue weighted by molar-refractivity contribution is 7.20. The van der Waals surface area contributed by atoms with Gasteiger partial charge in [-0.3, -0.25) is 0 Å². The van der Waals surface area contributed by atoms with Crippen LogP contribution >= 0.6 is 46.1 Å². The first-order valence-corrected chi connectivity index (χ1v) is 10.8. The van der Waals surface area contributed by atoms with Gasteiger partial charge in [0, 0.05) is 0 Å². The molecule has 30 heavy (non-hydrogen) atoms. The zero-order chi connectivity index (χ0) is 21.3. The Balaban J connectivity index is 1.64. The van der Waals surface area contributed by atoms with Gasteiger partial charge in [0.15, 0.2) is 0 Å². The van der Waals surface area contributed by atoms with Crippen molar-refractivity contribution in [2.45, 2.75) is 13.5 Å². The molecule has 0 atom stereocenters. The number of carbonyl (C=O) groups excluding carboxylic acids is 1. The van der Waals surface area contributed by atoms with E-state index in [-0.39, 0.29) is 6.61 Å². The highest BCUT2D eigenvalue weighted by Crippen LogP contribution is 2.38. The van der Waals surface area contributed by atoms with Crippen LogP contribution in [0.5, 0.6) is 0 Å². The van der Waals surface area contributed by atoms with Crippen molar-refractivity contribution in [2.75, 3.05) is 5.32 Å². The van der Waals surface area contributed by atoms with E-state index in [4.69, 9.17) is 39.5 Å². The molecule has 2 heterocycles. The van der Waals surface area contributed by atoms with Crippen LogP contribution in [0.3, 0.4) is 0 Å². The topological polar surface area (TPSA) is 64.1 Å². The quantitative estimate of drug-likeness (QED) is 0.246. The van der Waals surface area contributed by atoms with E-state index in [9.17, 15) is 4.79 Å². The second-order valence-electron chi connectivity index (χ2n) is 6.39. The van der Waals surface area contributed by atoms with Crippen molar-refractivity contribution in [1.29, 1.82) is 0 Å². The van der Waals surface area contributed by atoms with Crippen LogP contribution in [0.4, 0.5) is 11.5 Å². The van der Waals surface area contributed by atoms with Gasteiger partial charge in [-0.1, -0.05) is 65.1 Å². The minimum absolute atomic E-state index is 0.197. The number of esters is 1. The lowest BCUT2D eigenvalue weighted by atomic mass is 10.2. The zero-order valence-electron chi connectivity index (χ0n) is 15.6. The first-order valence-electron chi connectivity index (χ1n) is 8.80. The number of aryl methyl sites for hydroxylation is 1. The number of carbonyl (C=O) groups is 1. The van der Waals surface area contributed by atoms with Gasteiger partial charge < -0.3 is 10.1 Å². The Kier molecular flexibility index (Phi) is 6.11. The van der Waals surface area contributed by atoms with Gasteiger partial charge in [-0.25, -0.2) is 14.8 Å². The Morgan fingerprint density at radius 3 is 2.57 bits per heavy atom. The van der Waals surface area contributed by atoms with Crippen molar-refractivity contribution in [1.82, 2.24) is 9.97 Å². The summed E-state index contributed by atoms with van der Waals surface area (Å²) in [6, 6.07) is 12.7. The second kappa shape index (κ2) is 8.78. The summed E-state index contributed by atoms with van der Waals surface area (Å²) in [4.78, 5) is 22.4. The molecule has 0 saturated heterocycles. The number of thiophene rings is 1. The Morgan fingerprint density at radius 1 is 1.07 bits per heavy atom. The maximum atomic E-state index is 12.7. The number of fused-ring (bicyclic) bond motifs is 1. The maximum absolute atomic E-state index is 12.7. The Morgan fingerprint density at radius 2 is 1.80 bits per heavy atom. The molecule has 5 nitrogen and oxygen atoms in total. The highest BCUT2D eigenvalue weighted by atomic mass is 35.5. The van der Waals surface area contributed by atoms with Gasteiger partial charge in [0.25, 0.3) is 0 Å². The number of benzene rings is 2. The average molecular weight is 479 g/mol. The molecule has 0 amide bonds. The van der Waals surface area contributed by atoms with E-state index in [0.29, 0.717) is 36.3 Å². The van der Waals surface area contributed by atoms with Crippen molar-refractivity contribution in [3.8, 4) is 0 Å². The average Bonchev–Trinajstić information content (AvgIpc) is 3.08. The molecule has 0 spiro atoms. The molecule has 0 radical (unpaired) electrons. The molecule has 4 aromatic rings. The summed E-state index contributed by atoms with van der Waals surface area (Å²) < 4.78 is 5.48. The van der Waals surface area contributed by atoms with Crippen molar-refractivity contribution >= 4 is 73.8 Å². The molecule has 0 aliphatic rings. The molecule has 9 heteroatoms. The zero-order valence-corrected chi connectivity index (χ0v) is 18.7. The number of nitrogens with one attached hydrogen (secondary N) is 1. The first-order chi connectivity index (χ1) is 14.4. The van der Waals surface area contributed by atoms with Crippen LogP contribution in [-0.2, 0) is 11.3 Å². The molecule has 0 saturated carbocycles. The van der Waals surface area contributed by atoms with Crippen molar-refractivity contribution in [2.24, 2.45) is 0 Å². The van der Waals surface area contributed by atoms with Crippen LogP contribution in [0, 0.1) is 6.92 Å². The Hall–Kier alpha value is -2.38. The Bertz CT molecular complexity index is 1250. The first kappa shape index (κ1) is 20.9. The Labute approximate surface area is 191 Å². The molecule has 0 bridgehead atoms. The molecule has 0 aliphatic carbocycles. The fourth-order valence-corrected chi connectivity index (χ4v) is 4.53. The molecule has 0 aliphatic heterocycles. The minimum Gasteiger partial charge on any atom is -0.457 e. The molecule has 0 unspecified atom stereocenters. The molecule has 2 aromatic carbocycles. The summed E-state index contributed by atoms with van der Waals surface area (Å²) >= 11 is 19.6. The van der Waals surface area contributed by atoms with Crippen molar-refractivity contribution in [3.05, 3.63) is 79.9 Å². The number of rotatable bonds is 5. The van der Waals surface area contributed by atoms with E-state index in [0.717, 1.165) is 16.5 Å². The second-order valence-corrected chi connectivity index (χ2v) is 8.61. The number of hydrogen-bond acceptors (Lipinski definition) is 6. The predicted molar refractivity (Wildman–Crippen MR) is 122 cm³/mol. The molecule has 4 rings (SSSR count). The number of halogens is 3. The third kappa shape index (κ3) is 4.23. The third-order valence-corrected chi connectivity index (χ3v) is 6.60. The lowest BCUT2D eigenvalue weighted by Gasteiger charge is -2.10. The van der Waals surface area contributed by atoms with E-state index < -0.39 is 5.97 Å². The van der Waals surface area contributed by atoms with Crippen LogP contribution in [0.2, 0.25) is 15.1 Å². The number of anilines is 2. The van der Waals surface area contributed by atoms with Gasteiger partial charge in [0.2, 0.25) is 0 Å². The van der Waals surface area contributed by atoms with Crippen LogP contribution in [0.25, 0.3) is 10.2 Å². The van der Waals surface area contributed by atoms with Gasteiger partial charge in [-0.2, -0.15) is 0 Å². The van der Waals surface area contributed by atoms with Gasteiger partial charge >= 0.3 is 5.97 Å². The largest absolute Gasteiger partial charge is 0.457 e. The van der Waals surface area contributed by atoms with E-state index >= 15 is 0 Å². The van der Waals surface area contributed by atoms with Gasteiger partial charge in [0.05, 0.1) is 26.1 Å². The van der Waals surface area contributed by atoms with Crippen LogP contribution in [-0.4, -0.2) is 15.9 Å².